The van der Waals surface area contributed by atoms with E-state index >= 15 is 0 Å². The van der Waals surface area contributed by atoms with Gasteiger partial charge in [-0.25, -0.2) is 14.1 Å². The number of rotatable bonds is 5. The number of anilines is 2. The Balaban J connectivity index is 1.63. The molecule has 0 aromatic heterocycles. The van der Waals surface area contributed by atoms with Gasteiger partial charge in [-0.05, 0) is 37.3 Å². The Hall–Kier alpha value is -3.81. The van der Waals surface area contributed by atoms with Gasteiger partial charge in [0.05, 0.1) is 11.3 Å². The highest BCUT2D eigenvalue weighted by Crippen LogP contribution is 2.21. The van der Waals surface area contributed by atoms with Crippen molar-refractivity contribution in [3.63, 3.8) is 0 Å². The predicted octanol–water partition coefficient (Wildman–Crippen LogP) is 2.36. The monoisotopic (exact) mass is 382 g/mol. The molecule has 0 unspecified atom stereocenters. The van der Waals surface area contributed by atoms with Crippen LogP contribution in [0.4, 0.5) is 15.8 Å². The maximum atomic E-state index is 13.5. The number of benzene rings is 2. The van der Waals surface area contributed by atoms with Crippen molar-refractivity contribution in [3.05, 3.63) is 71.6 Å². The number of nitrogens with zero attached hydrogens (tertiary/aromatic N) is 1. The lowest BCUT2D eigenvalue weighted by Gasteiger charge is -2.14. The molecule has 1 aliphatic rings. The smallest absolute Gasteiger partial charge is 0.338 e. The van der Waals surface area contributed by atoms with Gasteiger partial charge in [-0.15, -0.1) is 0 Å². The van der Waals surface area contributed by atoms with Crippen LogP contribution in [-0.2, 0) is 19.1 Å². The minimum absolute atomic E-state index is 0.0692. The van der Waals surface area contributed by atoms with Crippen molar-refractivity contribution in [2.45, 2.75) is 6.92 Å². The standard InChI is InChI=1S/C20H15FN2O5/c1-12-15(21)6-3-7-16(12)22-17(24)11-28-20(27)13-4-2-5-14(10-13)23-18(25)8-9-19(23)26/h2-10H,11H2,1H3,(H,22,24). The number of hydrogen-bond donors (Lipinski definition) is 1. The number of carbonyl (C=O) groups excluding carboxylic acids is 4. The average Bonchev–Trinajstić information content (AvgIpc) is 3.02. The summed E-state index contributed by atoms with van der Waals surface area (Å²) in [6.45, 7) is 0.931. The fourth-order valence-corrected chi connectivity index (χ4v) is 2.57. The third-order valence-electron chi connectivity index (χ3n) is 4.03. The molecule has 0 saturated heterocycles. The van der Waals surface area contributed by atoms with Crippen LogP contribution in [0.15, 0.2) is 54.6 Å². The lowest BCUT2D eigenvalue weighted by Crippen LogP contribution is -2.29. The molecular weight excluding hydrogens is 367 g/mol. The molecule has 7 nitrogen and oxygen atoms in total. The lowest BCUT2D eigenvalue weighted by molar-refractivity contribution is -0.120. The average molecular weight is 382 g/mol. The maximum absolute atomic E-state index is 13.5. The fraction of sp³-hybridized carbons (Fsp3) is 0.100. The summed E-state index contributed by atoms with van der Waals surface area (Å²) >= 11 is 0. The van der Waals surface area contributed by atoms with E-state index in [0.29, 0.717) is 0 Å². The molecule has 3 amide bonds. The highest BCUT2D eigenvalue weighted by atomic mass is 19.1. The normalized spacial score (nSPS) is 13.0. The Labute approximate surface area is 159 Å². The van der Waals surface area contributed by atoms with Crippen molar-refractivity contribution in [3.8, 4) is 0 Å². The number of hydrogen-bond acceptors (Lipinski definition) is 5. The molecule has 1 aliphatic heterocycles. The molecule has 0 atom stereocenters. The summed E-state index contributed by atoms with van der Waals surface area (Å²) in [5.74, 6) is -2.93. The fourth-order valence-electron chi connectivity index (χ4n) is 2.57. The molecule has 0 radical (unpaired) electrons. The van der Waals surface area contributed by atoms with Gasteiger partial charge in [0.25, 0.3) is 17.7 Å². The largest absolute Gasteiger partial charge is 0.452 e. The first-order valence-corrected chi connectivity index (χ1v) is 8.25. The lowest BCUT2D eigenvalue weighted by atomic mass is 10.2. The molecule has 0 fully saturated rings. The van der Waals surface area contributed by atoms with Crippen molar-refractivity contribution in [1.82, 2.24) is 0 Å². The summed E-state index contributed by atoms with van der Waals surface area (Å²) in [5.41, 5.74) is 0.832. The third kappa shape index (κ3) is 3.96. The second-order valence-corrected chi connectivity index (χ2v) is 5.93. The Morgan fingerprint density at radius 1 is 1.07 bits per heavy atom. The molecule has 28 heavy (non-hydrogen) atoms. The van der Waals surface area contributed by atoms with Crippen LogP contribution in [0.25, 0.3) is 0 Å². The van der Waals surface area contributed by atoms with Crippen LogP contribution in [0, 0.1) is 12.7 Å². The molecule has 0 saturated carbocycles. The molecule has 1 heterocycles. The topological polar surface area (TPSA) is 92.8 Å². The first-order valence-electron chi connectivity index (χ1n) is 8.25. The second-order valence-electron chi connectivity index (χ2n) is 5.93. The van der Waals surface area contributed by atoms with Gasteiger partial charge in [-0.1, -0.05) is 12.1 Å². The van der Waals surface area contributed by atoms with Gasteiger partial charge in [0.15, 0.2) is 6.61 Å². The first kappa shape index (κ1) is 19.0. The predicted molar refractivity (Wildman–Crippen MR) is 98.1 cm³/mol. The van der Waals surface area contributed by atoms with E-state index in [1.807, 2.05) is 0 Å². The summed E-state index contributed by atoms with van der Waals surface area (Å²) < 4.78 is 18.4. The van der Waals surface area contributed by atoms with Gasteiger partial charge in [0.2, 0.25) is 0 Å². The minimum Gasteiger partial charge on any atom is -0.452 e. The Morgan fingerprint density at radius 3 is 2.46 bits per heavy atom. The van der Waals surface area contributed by atoms with Gasteiger partial charge in [0.1, 0.15) is 5.82 Å². The Bertz CT molecular complexity index is 997. The van der Waals surface area contributed by atoms with E-state index in [2.05, 4.69) is 5.32 Å². The van der Waals surface area contributed by atoms with E-state index in [9.17, 15) is 23.6 Å². The molecule has 3 rings (SSSR count). The molecule has 0 bridgehead atoms. The molecule has 142 valence electrons. The third-order valence-corrected chi connectivity index (χ3v) is 4.03. The van der Waals surface area contributed by atoms with Crippen molar-refractivity contribution in [2.75, 3.05) is 16.8 Å². The van der Waals surface area contributed by atoms with Crippen molar-refractivity contribution < 1.29 is 28.3 Å². The molecular formula is C20H15FN2O5. The van der Waals surface area contributed by atoms with Crippen LogP contribution in [0.3, 0.4) is 0 Å². The van der Waals surface area contributed by atoms with E-state index < -0.39 is 36.1 Å². The Morgan fingerprint density at radius 2 is 1.75 bits per heavy atom. The summed E-state index contributed by atoms with van der Waals surface area (Å²) in [6, 6.07) is 9.98. The summed E-state index contributed by atoms with van der Waals surface area (Å²) in [4.78, 5) is 48.5. The van der Waals surface area contributed by atoms with Crippen LogP contribution >= 0.6 is 0 Å². The number of esters is 1. The first-order chi connectivity index (χ1) is 13.4. The van der Waals surface area contributed by atoms with Crippen molar-refractivity contribution in [1.29, 1.82) is 0 Å². The minimum atomic E-state index is -0.806. The van der Waals surface area contributed by atoms with Crippen LogP contribution < -0.4 is 10.2 Å². The van der Waals surface area contributed by atoms with Gasteiger partial charge in [-0.3, -0.25) is 14.4 Å². The summed E-state index contributed by atoms with van der Waals surface area (Å²) in [7, 11) is 0. The molecule has 8 heteroatoms. The van der Waals surface area contributed by atoms with Gasteiger partial charge >= 0.3 is 5.97 Å². The molecule has 2 aromatic rings. The number of amides is 3. The maximum Gasteiger partial charge on any atom is 0.338 e. The zero-order valence-corrected chi connectivity index (χ0v) is 14.8. The van der Waals surface area contributed by atoms with Crippen LogP contribution in [0.1, 0.15) is 15.9 Å². The highest BCUT2D eigenvalue weighted by Gasteiger charge is 2.25. The molecule has 1 N–H and O–H groups in total. The number of ether oxygens (including phenoxy) is 1. The Kier molecular flexibility index (Phi) is 5.30. The van der Waals surface area contributed by atoms with Gasteiger partial charge in [0, 0.05) is 23.4 Å². The van der Waals surface area contributed by atoms with Crippen LogP contribution in [0.2, 0.25) is 0 Å². The van der Waals surface area contributed by atoms with Gasteiger partial charge < -0.3 is 10.1 Å². The van der Waals surface area contributed by atoms with Crippen molar-refractivity contribution in [2.24, 2.45) is 0 Å². The van der Waals surface area contributed by atoms with Crippen LogP contribution in [-0.4, -0.2) is 30.3 Å². The quantitative estimate of drug-likeness (QED) is 0.633. The number of carbonyl (C=O) groups is 4. The molecule has 2 aromatic carbocycles. The van der Waals surface area contributed by atoms with E-state index in [0.717, 1.165) is 17.1 Å². The van der Waals surface area contributed by atoms with Crippen molar-refractivity contribution >= 4 is 35.1 Å². The zero-order chi connectivity index (χ0) is 20.3. The highest BCUT2D eigenvalue weighted by molar-refractivity contribution is 6.28. The summed E-state index contributed by atoms with van der Waals surface area (Å²) in [6.07, 6.45) is 2.26. The summed E-state index contributed by atoms with van der Waals surface area (Å²) in [5, 5.41) is 2.46. The van der Waals surface area contributed by atoms with E-state index in [1.165, 1.54) is 49.4 Å². The number of imide groups is 1. The van der Waals surface area contributed by atoms with Crippen LogP contribution in [0.5, 0.6) is 0 Å². The molecule has 0 aliphatic carbocycles. The van der Waals surface area contributed by atoms with E-state index in [-0.39, 0.29) is 22.5 Å². The zero-order valence-electron chi connectivity index (χ0n) is 14.8. The second kappa shape index (κ2) is 7.83. The number of halogens is 1. The van der Waals surface area contributed by atoms with E-state index in [4.69, 9.17) is 4.74 Å². The molecule has 0 spiro atoms. The van der Waals surface area contributed by atoms with E-state index in [1.54, 1.807) is 0 Å². The van der Waals surface area contributed by atoms with Gasteiger partial charge in [-0.2, -0.15) is 0 Å². The SMILES string of the molecule is Cc1c(F)cccc1NC(=O)COC(=O)c1cccc(N2C(=O)C=CC2=O)c1. The number of nitrogens with one attached hydrogen (secondary N) is 1.